The molecular formula is C60H109NO5. The molecule has 0 aliphatic heterocycles. The Morgan fingerprint density at radius 3 is 1.26 bits per heavy atom. The molecule has 0 aromatic carbocycles. The fraction of sp³-hybridized carbons (Fsp3) is 0.800. The Labute approximate surface area is 409 Å². The molecule has 0 rings (SSSR count). The lowest BCUT2D eigenvalue weighted by Crippen LogP contribution is -2.46. The summed E-state index contributed by atoms with van der Waals surface area (Å²) in [6.07, 6.45) is 67.1. The predicted molar refractivity (Wildman–Crippen MR) is 287 cm³/mol. The molecule has 0 spiro atoms. The largest absolute Gasteiger partial charge is 0.462 e. The molecule has 0 saturated carbocycles. The zero-order valence-corrected chi connectivity index (χ0v) is 43.8. The first kappa shape index (κ1) is 63.6. The zero-order chi connectivity index (χ0) is 48.1. The number of carbonyl (C=O) groups excluding carboxylic acids is 2. The van der Waals surface area contributed by atoms with Crippen molar-refractivity contribution in [1.29, 1.82) is 0 Å². The van der Waals surface area contributed by atoms with Gasteiger partial charge >= 0.3 is 5.97 Å². The molecule has 384 valence electrons. The smallest absolute Gasteiger partial charge is 0.306 e. The molecule has 0 heterocycles. The summed E-state index contributed by atoms with van der Waals surface area (Å²) >= 11 is 0. The Kier molecular flexibility index (Phi) is 51.5. The molecule has 0 aliphatic carbocycles. The Hall–Kier alpha value is -2.44. The van der Waals surface area contributed by atoms with Crippen molar-refractivity contribution in [2.75, 3.05) is 6.61 Å². The number of rotatable bonds is 51. The van der Waals surface area contributed by atoms with Crippen LogP contribution in [0.1, 0.15) is 284 Å². The molecule has 0 fully saturated rings. The van der Waals surface area contributed by atoms with Gasteiger partial charge in [0.25, 0.3) is 0 Å². The van der Waals surface area contributed by atoms with Crippen LogP contribution in [0.2, 0.25) is 0 Å². The van der Waals surface area contributed by atoms with Gasteiger partial charge in [-0.25, -0.2) is 0 Å². The van der Waals surface area contributed by atoms with Gasteiger partial charge in [0.1, 0.15) is 6.10 Å². The number of hydrogen-bond donors (Lipinski definition) is 3. The van der Waals surface area contributed by atoms with Crippen LogP contribution in [0.15, 0.2) is 60.8 Å². The van der Waals surface area contributed by atoms with Gasteiger partial charge < -0.3 is 20.3 Å². The van der Waals surface area contributed by atoms with E-state index in [-0.39, 0.29) is 24.9 Å². The normalized spacial score (nSPS) is 13.6. The first-order chi connectivity index (χ1) is 32.5. The molecule has 0 aromatic rings. The van der Waals surface area contributed by atoms with Crippen molar-refractivity contribution < 1.29 is 24.5 Å². The topological polar surface area (TPSA) is 95.9 Å². The van der Waals surface area contributed by atoms with Crippen LogP contribution < -0.4 is 5.32 Å². The number of unbranched alkanes of at least 4 members (excludes halogenated alkanes) is 32. The maximum absolute atomic E-state index is 13.3. The Morgan fingerprint density at radius 2 is 0.788 bits per heavy atom. The number of aliphatic hydroxyl groups excluding tert-OH is 2. The van der Waals surface area contributed by atoms with Gasteiger partial charge in [-0.1, -0.05) is 255 Å². The SMILES string of the molecule is CCCCC/C=C/C=C/C=C/C=C/CCCCCC(CC(=O)NC(CO)C(O)CCCCCCCCCCCCCCCCCCC)OC(=O)CCCCC/C=C\CCCCCCCCC. The summed E-state index contributed by atoms with van der Waals surface area (Å²) in [5.74, 6) is -0.525. The predicted octanol–water partition coefficient (Wildman–Crippen LogP) is 17.6. The number of hydrogen-bond acceptors (Lipinski definition) is 5. The third kappa shape index (κ3) is 48.0. The van der Waals surface area contributed by atoms with Gasteiger partial charge in [0.05, 0.1) is 25.2 Å². The third-order valence-electron chi connectivity index (χ3n) is 12.9. The monoisotopic (exact) mass is 924 g/mol. The third-order valence-corrected chi connectivity index (χ3v) is 12.9. The van der Waals surface area contributed by atoms with Crippen molar-refractivity contribution in [2.24, 2.45) is 0 Å². The van der Waals surface area contributed by atoms with E-state index in [1.54, 1.807) is 0 Å². The van der Waals surface area contributed by atoms with Crippen LogP contribution in [-0.4, -0.2) is 46.9 Å². The standard InChI is InChI=1S/C60H109NO5/c1-4-7-10-13-16-19-22-25-28-30-32-34-37-40-43-46-49-52-58(63)57(55-62)61-59(64)54-56(51-48-45-42-39-36-33-31-29-26-23-20-17-14-11-8-5-2)66-60(65)53-50-47-44-41-38-35-27-24-21-18-15-12-9-6-3/h17,20,23,26,29,31,33,35-36,38,56-58,62-63H,4-16,18-19,21-22,24-25,27-28,30,32,34,37,39-55H2,1-3H3,(H,61,64)/b20-17+,26-23+,31-29+,36-33+,38-35-. The molecule has 3 N–H and O–H groups in total. The van der Waals surface area contributed by atoms with Crippen LogP contribution in [0, 0.1) is 0 Å². The molecule has 6 heteroatoms. The summed E-state index contributed by atoms with van der Waals surface area (Å²) < 4.78 is 5.93. The van der Waals surface area contributed by atoms with Crippen molar-refractivity contribution in [1.82, 2.24) is 5.32 Å². The summed E-state index contributed by atoms with van der Waals surface area (Å²) in [6.45, 7) is 6.45. The van der Waals surface area contributed by atoms with E-state index in [1.807, 2.05) is 0 Å². The Bertz CT molecular complexity index is 1170. The van der Waals surface area contributed by atoms with Gasteiger partial charge in [-0.15, -0.1) is 0 Å². The first-order valence-electron chi connectivity index (χ1n) is 28.6. The molecule has 0 bridgehead atoms. The van der Waals surface area contributed by atoms with Gasteiger partial charge in [0, 0.05) is 6.42 Å². The zero-order valence-electron chi connectivity index (χ0n) is 43.8. The highest BCUT2D eigenvalue weighted by atomic mass is 16.5. The molecule has 0 saturated heterocycles. The second kappa shape index (κ2) is 53.5. The lowest BCUT2D eigenvalue weighted by molar-refractivity contribution is -0.151. The summed E-state index contributed by atoms with van der Waals surface area (Å²) in [7, 11) is 0. The molecule has 3 unspecified atom stereocenters. The van der Waals surface area contributed by atoms with E-state index in [4.69, 9.17) is 4.74 Å². The van der Waals surface area contributed by atoms with Gasteiger partial charge in [-0.3, -0.25) is 9.59 Å². The molecule has 6 nitrogen and oxygen atoms in total. The number of nitrogens with one attached hydrogen (secondary N) is 1. The van der Waals surface area contributed by atoms with Crippen LogP contribution in [0.3, 0.4) is 0 Å². The summed E-state index contributed by atoms with van der Waals surface area (Å²) in [5.41, 5.74) is 0. The number of aliphatic hydroxyl groups is 2. The van der Waals surface area contributed by atoms with Crippen LogP contribution in [0.5, 0.6) is 0 Å². The fourth-order valence-electron chi connectivity index (χ4n) is 8.56. The minimum Gasteiger partial charge on any atom is -0.462 e. The van der Waals surface area contributed by atoms with Crippen molar-refractivity contribution in [3.05, 3.63) is 60.8 Å². The summed E-state index contributed by atoms with van der Waals surface area (Å²) in [5, 5.41) is 23.9. The fourth-order valence-corrected chi connectivity index (χ4v) is 8.56. The minimum atomic E-state index is -0.803. The molecule has 66 heavy (non-hydrogen) atoms. The van der Waals surface area contributed by atoms with Gasteiger partial charge in [-0.05, 0) is 77.0 Å². The van der Waals surface area contributed by atoms with E-state index in [9.17, 15) is 19.8 Å². The van der Waals surface area contributed by atoms with Gasteiger partial charge in [0.15, 0.2) is 0 Å². The highest BCUT2D eigenvalue weighted by molar-refractivity contribution is 5.77. The van der Waals surface area contributed by atoms with Crippen LogP contribution >= 0.6 is 0 Å². The van der Waals surface area contributed by atoms with Crippen molar-refractivity contribution in [2.45, 2.75) is 302 Å². The van der Waals surface area contributed by atoms with E-state index in [0.29, 0.717) is 19.3 Å². The number of amides is 1. The van der Waals surface area contributed by atoms with E-state index < -0.39 is 18.2 Å². The maximum atomic E-state index is 13.3. The molecule has 1 amide bonds. The lowest BCUT2D eigenvalue weighted by Gasteiger charge is -2.24. The van der Waals surface area contributed by atoms with E-state index in [1.165, 1.54) is 154 Å². The molecule has 0 aliphatic rings. The van der Waals surface area contributed by atoms with Crippen LogP contribution in [0.4, 0.5) is 0 Å². The summed E-state index contributed by atoms with van der Waals surface area (Å²) in [6, 6.07) is -0.720. The highest BCUT2D eigenvalue weighted by Gasteiger charge is 2.24. The van der Waals surface area contributed by atoms with Crippen LogP contribution in [-0.2, 0) is 14.3 Å². The number of carbonyl (C=O) groups is 2. The quantitative estimate of drug-likeness (QED) is 0.0244. The number of ether oxygens (including phenoxy) is 1. The molecule has 0 radical (unpaired) electrons. The second-order valence-electron chi connectivity index (χ2n) is 19.4. The number of esters is 1. The van der Waals surface area contributed by atoms with Gasteiger partial charge in [0.2, 0.25) is 5.91 Å². The van der Waals surface area contributed by atoms with Gasteiger partial charge in [-0.2, -0.15) is 0 Å². The van der Waals surface area contributed by atoms with E-state index >= 15 is 0 Å². The summed E-state index contributed by atoms with van der Waals surface area (Å²) in [4.78, 5) is 26.2. The highest BCUT2D eigenvalue weighted by Crippen LogP contribution is 2.18. The van der Waals surface area contributed by atoms with Crippen molar-refractivity contribution >= 4 is 11.9 Å². The van der Waals surface area contributed by atoms with Crippen molar-refractivity contribution in [3.8, 4) is 0 Å². The minimum absolute atomic E-state index is 0.0454. The molecule has 0 aromatic heterocycles. The second-order valence-corrected chi connectivity index (χ2v) is 19.4. The Balaban J connectivity index is 4.63. The lowest BCUT2D eigenvalue weighted by atomic mass is 10.0. The number of allylic oxidation sites excluding steroid dienone is 10. The van der Waals surface area contributed by atoms with Crippen LogP contribution in [0.25, 0.3) is 0 Å². The first-order valence-corrected chi connectivity index (χ1v) is 28.6. The van der Waals surface area contributed by atoms with E-state index in [2.05, 4.69) is 86.8 Å². The Morgan fingerprint density at radius 1 is 0.439 bits per heavy atom. The average molecular weight is 925 g/mol. The molecule has 3 atom stereocenters. The van der Waals surface area contributed by atoms with Crippen molar-refractivity contribution in [3.63, 3.8) is 0 Å². The average Bonchev–Trinajstić information content (AvgIpc) is 3.31. The van der Waals surface area contributed by atoms with E-state index in [0.717, 1.165) is 83.5 Å². The molecular weight excluding hydrogens is 815 g/mol. The maximum Gasteiger partial charge on any atom is 0.306 e.